The molecule has 1 atom stereocenters. The largest absolute Gasteiger partial charge is 0.348 e. The van der Waals surface area contributed by atoms with Crippen molar-refractivity contribution in [3.63, 3.8) is 0 Å². The summed E-state index contributed by atoms with van der Waals surface area (Å²) in [5.74, 6) is 0.947. The number of aromatic nitrogens is 3. The minimum atomic E-state index is -0.0370. The molecule has 1 aliphatic rings. The molecule has 1 N–H and O–H groups in total. The predicted octanol–water partition coefficient (Wildman–Crippen LogP) is 4.67. The molecular weight excluding hydrogens is 402 g/mol. The van der Waals surface area contributed by atoms with Crippen molar-refractivity contribution in [3.8, 4) is 0 Å². The number of thiazole rings is 1. The van der Waals surface area contributed by atoms with Crippen LogP contribution in [0.15, 0.2) is 29.6 Å². The molecule has 0 saturated carbocycles. The number of anilines is 2. The quantitative estimate of drug-likeness (QED) is 0.471. The first-order valence-electron chi connectivity index (χ1n) is 9.86. The summed E-state index contributed by atoms with van der Waals surface area (Å²) < 4.78 is 0.963. The van der Waals surface area contributed by atoms with E-state index in [1.165, 1.54) is 30.9 Å². The Morgan fingerprint density at radius 1 is 1.34 bits per heavy atom. The van der Waals surface area contributed by atoms with Crippen molar-refractivity contribution in [1.82, 2.24) is 15.0 Å². The molecule has 2 aromatic heterocycles. The van der Waals surface area contributed by atoms with E-state index in [1.807, 2.05) is 32.0 Å². The van der Waals surface area contributed by atoms with E-state index in [4.69, 9.17) is 4.98 Å². The molecule has 6 nitrogen and oxygen atoms in total. The topological polar surface area (TPSA) is 71.0 Å². The van der Waals surface area contributed by atoms with E-state index in [-0.39, 0.29) is 5.91 Å². The molecule has 1 aliphatic heterocycles. The number of amides is 1. The number of piperidine rings is 1. The van der Waals surface area contributed by atoms with E-state index in [1.54, 1.807) is 11.3 Å². The molecule has 8 heteroatoms. The normalized spacial score (nSPS) is 16.9. The second-order valence-electron chi connectivity index (χ2n) is 7.68. The van der Waals surface area contributed by atoms with E-state index >= 15 is 0 Å². The van der Waals surface area contributed by atoms with Gasteiger partial charge in [-0.3, -0.25) is 4.79 Å². The third-order valence-electron chi connectivity index (χ3n) is 5.08. The van der Waals surface area contributed by atoms with Crippen LogP contribution in [0.3, 0.4) is 0 Å². The first-order valence-corrected chi connectivity index (χ1v) is 11.7. The van der Waals surface area contributed by atoms with Crippen molar-refractivity contribution in [1.29, 1.82) is 0 Å². The third-order valence-corrected chi connectivity index (χ3v) is 7.31. The molecule has 1 saturated heterocycles. The molecular formula is C21H25N5OS2. The number of aryl methyl sites for hydroxylation is 2. The summed E-state index contributed by atoms with van der Waals surface area (Å²) in [7, 11) is 0. The van der Waals surface area contributed by atoms with Crippen molar-refractivity contribution in [2.24, 2.45) is 5.92 Å². The molecule has 0 aliphatic carbocycles. The molecule has 0 unspecified atom stereocenters. The Morgan fingerprint density at radius 3 is 3.03 bits per heavy atom. The Kier molecular flexibility index (Phi) is 6.01. The Balaban J connectivity index is 1.46. The van der Waals surface area contributed by atoms with E-state index in [0.29, 0.717) is 11.7 Å². The molecule has 29 heavy (non-hydrogen) atoms. The molecule has 0 bridgehead atoms. The molecule has 1 aromatic carbocycles. The summed E-state index contributed by atoms with van der Waals surface area (Å²) >= 11 is 3.07. The van der Waals surface area contributed by atoms with Crippen LogP contribution in [0.1, 0.15) is 30.9 Å². The van der Waals surface area contributed by atoms with Crippen LogP contribution < -0.4 is 10.2 Å². The van der Waals surface area contributed by atoms with Gasteiger partial charge in [-0.25, -0.2) is 9.97 Å². The van der Waals surface area contributed by atoms with Crippen molar-refractivity contribution in [2.75, 3.05) is 29.1 Å². The minimum Gasteiger partial charge on any atom is -0.348 e. The van der Waals surface area contributed by atoms with Crippen molar-refractivity contribution < 1.29 is 4.79 Å². The van der Waals surface area contributed by atoms with Gasteiger partial charge in [-0.1, -0.05) is 42.2 Å². The Hall–Kier alpha value is -2.19. The van der Waals surface area contributed by atoms with Gasteiger partial charge in [-0.15, -0.1) is 0 Å². The van der Waals surface area contributed by atoms with Gasteiger partial charge in [0.25, 0.3) is 0 Å². The van der Waals surface area contributed by atoms with Crippen molar-refractivity contribution in [2.45, 2.75) is 38.6 Å². The number of hydrogen-bond acceptors (Lipinski definition) is 7. The zero-order valence-electron chi connectivity index (χ0n) is 16.9. The smallest absolute Gasteiger partial charge is 0.234 e. The molecule has 3 heterocycles. The molecule has 1 fully saturated rings. The fourth-order valence-corrected chi connectivity index (χ4v) is 5.44. The van der Waals surface area contributed by atoms with Gasteiger partial charge >= 0.3 is 0 Å². The van der Waals surface area contributed by atoms with Crippen molar-refractivity contribution in [3.05, 3.63) is 35.7 Å². The summed E-state index contributed by atoms with van der Waals surface area (Å²) in [6.07, 6.45) is 4.01. The second-order valence-corrected chi connectivity index (χ2v) is 9.62. The SMILES string of the molecule is Cc1ccc(C)c(NC(=O)CSc2ncnc3nc(N4CCC[C@H](C)C4)sc23)c1. The fourth-order valence-electron chi connectivity index (χ4n) is 3.51. The van der Waals surface area contributed by atoms with E-state index in [0.717, 1.165) is 50.4 Å². The molecule has 4 rings (SSSR count). The Bertz CT molecular complexity index is 1040. The van der Waals surface area contributed by atoms with Crippen LogP contribution in [-0.2, 0) is 4.79 Å². The monoisotopic (exact) mass is 427 g/mol. The van der Waals surface area contributed by atoms with Gasteiger partial charge in [-0.05, 0) is 49.8 Å². The maximum absolute atomic E-state index is 12.5. The highest BCUT2D eigenvalue weighted by atomic mass is 32.2. The van der Waals surface area contributed by atoms with Gasteiger partial charge in [0.15, 0.2) is 10.8 Å². The van der Waals surface area contributed by atoms with Crippen LogP contribution in [-0.4, -0.2) is 39.7 Å². The van der Waals surface area contributed by atoms with Crippen molar-refractivity contribution >= 4 is 50.2 Å². The van der Waals surface area contributed by atoms with Crippen LogP contribution in [0.5, 0.6) is 0 Å². The van der Waals surface area contributed by atoms with E-state index < -0.39 is 0 Å². The number of carbonyl (C=O) groups is 1. The molecule has 0 radical (unpaired) electrons. The standard InChI is InChI=1S/C21H25N5OS2/c1-13-6-7-15(3)16(9-13)24-17(27)11-28-20-18-19(22-12-23-20)25-21(29-18)26-8-4-5-14(2)10-26/h6-7,9,12,14H,4-5,8,10-11H2,1-3H3,(H,24,27)/t14-/m0/s1. The van der Waals surface area contributed by atoms with Gasteiger partial charge in [0.2, 0.25) is 5.91 Å². The lowest BCUT2D eigenvalue weighted by Gasteiger charge is -2.30. The average Bonchev–Trinajstić information content (AvgIpc) is 3.14. The summed E-state index contributed by atoms with van der Waals surface area (Å²) in [4.78, 5) is 28.3. The number of fused-ring (bicyclic) bond motifs is 1. The van der Waals surface area contributed by atoms with Gasteiger partial charge in [0, 0.05) is 18.8 Å². The van der Waals surface area contributed by atoms with Crippen LogP contribution in [0.25, 0.3) is 10.3 Å². The number of thioether (sulfide) groups is 1. The number of carbonyl (C=O) groups excluding carboxylic acids is 1. The summed E-state index contributed by atoms with van der Waals surface area (Å²) in [6, 6.07) is 6.06. The fraction of sp³-hybridized carbons (Fsp3) is 0.429. The number of nitrogens with zero attached hydrogens (tertiary/aromatic N) is 4. The zero-order valence-corrected chi connectivity index (χ0v) is 18.6. The second kappa shape index (κ2) is 8.67. The molecule has 1 amide bonds. The van der Waals surface area contributed by atoms with Gasteiger partial charge in [-0.2, -0.15) is 4.98 Å². The minimum absolute atomic E-state index is 0.0370. The van der Waals surface area contributed by atoms with Crippen LogP contribution >= 0.6 is 23.1 Å². The van der Waals surface area contributed by atoms with Crippen LogP contribution in [0.2, 0.25) is 0 Å². The van der Waals surface area contributed by atoms with Gasteiger partial charge in [0.05, 0.1) is 5.75 Å². The van der Waals surface area contributed by atoms with E-state index in [9.17, 15) is 4.79 Å². The van der Waals surface area contributed by atoms with Gasteiger partial charge in [0.1, 0.15) is 16.1 Å². The molecule has 3 aromatic rings. The highest BCUT2D eigenvalue weighted by Gasteiger charge is 2.21. The first kappa shape index (κ1) is 20.1. The lowest BCUT2D eigenvalue weighted by Crippen LogP contribution is -2.34. The predicted molar refractivity (Wildman–Crippen MR) is 121 cm³/mol. The lowest BCUT2D eigenvalue weighted by atomic mass is 10.0. The Labute approximate surface area is 179 Å². The maximum atomic E-state index is 12.5. The highest BCUT2D eigenvalue weighted by molar-refractivity contribution is 8.00. The summed E-state index contributed by atoms with van der Waals surface area (Å²) in [5.41, 5.74) is 3.76. The van der Waals surface area contributed by atoms with Gasteiger partial charge < -0.3 is 10.2 Å². The highest BCUT2D eigenvalue weighted by Crippen LogP contribution is 2.35. The third kappa shape index (κ3) is 4.70. The summed E-state index contributed by atoms with van der Waals surface area (Å²) in [6.45, 7) is 8.38. The first-order chi connectivity index (χ1) is 14.0. The lowest BCUT2D eigenvalue weighted by molar-refractivity contribution is -0.113. The number of rotatable bonds is 5. The molecule has 152 valence electrons. The average molecular weight is 428 g/mol. The van der Waals surface area contributed by atoms with Crippen LogP contribution in [0, 0.1) is 19.8 Å². The number of hydrogen-bond donors (Lipinski definition) is 1. The maximum Gasteiger partial charge on any atom is 0.234 e. The van der Waals surface area contributed by atoms with E-state index in [2.05, 4.69) is 27.1 Å². The number of benzene rings is 1. The summed E-state index contributed by atoms with van der Waals surface area (Å²) in [5, 5.41) is 4.83. The number of nitrogens with one attached hydrogen (secondary N) is 1. The Morgan fingerprint density at radius 2 is 2.21 bits per heavy atom. The molecule has 0 spiro atoms. The van der Waals surface area contributed by atoms with Crippen LogP contribution in [0.4, 0.5) is 10.8 Å². The zero-order chi connectivity index (χ0) is 20.4.